The summed E-state index contributed by atoms with van der Waals surface area (Å²) in [5, 5.41) is 2.92. The summed E-state index contributed by atoms with van der Waals surface area (Å²) in [6.45, 7) is 1.53. The Morgan fingerprint density at radius 3 is 2.50 bits per heavy atom. The number of benzene rings is 3. The maximum atomic E-state index is 13.5. The minimum atomic E-state index is -0.328. The molecule has 1 aliphatic heterocycles. The first-order valence-corrected chi connectivity index (χ1v) is 11.8. The fraction of sp³-hybridized carbons (Fsp3) is 0.185. The molecule has 0 fully saturated rings. The second-order valence-corrected chi connectivity index (χ2v) is 9.36. The van der Waals surface area contributed by atoms with Gasteiger partial charge < -0.3 is 15.1 Å². The van der Waals surface area contributed by atoms with Crippen LogP contribution in [-0.2, 0) is 11.3 Å². The Kier molecular flexibility index (Phi) is 7.45. The molecule has 0 unspecified atom stereocenters. The molecule has 2 amide bonds. The zero-order chi connectivity index (χ0) is 24.1. The van der Waals surface area contributed by atoms with E-state index in [-0.39, 0.29) is 24.2 Å². The van der Waals surface area contributed by atoms with Crippen molar-refractivity contribution in [1.29, 1.82) is 0 Å². The van der Waals surface area contributed by atoms with Crippen LogP contribution in [0.25, 0.3) is 6.08 Å². The quantitative estimate of drug-likeness (QED) is 0.499. The molecule has 1 aliphatic rings. The number of rotatable bonds is 7. The number of amides is 2. The van der Waals surface area contributed by atoms with Crippen LogP contribution in [0.5, 0.6) is 0 Å². The van der Waals surface area contributed by atoms with E-state index in [1.54, 1.807) is 29.2 Å². The van der Waals surface area contributed by atoms with Gasteiger partial charge in [0.15, 0.2) is 0 Å². The Labute approximate surface area is 203 Å². The molecule has 3 aromatic carbocycles. The molecular weight excluding hydrogens is 449 g/mol. The molecule has 0 aromatic heterocycles. The van der Waals surface area contributed by atoms with Crippen molar-refractivity contribution in [2.75, 3.05) is 32.1 Å². The van der Waals surface area contributed by atoms with Gasteiger partial charge in [-0.05, 0) is 61.6 Å². The maximum absolute atomic E-state index is 13.5. The SMILES string of the molecule is CN(C)CCNC(=O)c1ccc2c(c1)N(Cc1ccc(F)cc1)C(=O)/C(=C/c1ccccc1)S2. The molecule has 0 atom stereocenters. The van der Waals surface area contributed by atoms with Crippen LogP contribution >= 0.6 is 11.8 Å². The number of nitrogens with zero attached hydrogens (tertiary/aromatic N) is 2. The van der Waals surface area contributed by atoms with Gasteiger partial charge in [0.1, 0.15) is 5.82 Å². The molecular formula is C27H26FN3O2S. The minimum absolute atomic E-state index is 0.157. The van der Waals surface area contributed by atoms with Crippen molar-refractivity contribution in [1.82, 2.24) is 10.2 Å². The van der Waals surface area contributed by atoms with Crippen LogP contribution in [0.3, 0.4) is 0 Å². The van der Waals surface area contributed by atoms with E-state index in [0.717, 1.165) is 22.6 Å². The standard InChI is InChI=1S/C27H26FN3O2S/c1-30(2)15-14-29-26(32)21-10-13-24-23(17-21)31(18-20-8-11-22(28)12-9-20)27(33)25(34-24)16-19-6-4-3-5-7-19/h3-13,16-17H,14-15,18H2,1-2H3,(H,29,32)/b25-16-. The summed E-state index contributed by atoms with van der Waals surface area (Å²) in [6.07, 6.45) is 1.87. The van der Waals surface area contributed by atoms with Gasteiger partial charge in [0.05, 0.1) is 17.1 Å². The molecule has 4 rings (SSSR count). The average Bonchev–Trinajstić information content (AvgIpc) is 2.83. The Balaban J connectivity index is 1.68. The van der Waals surface area contributed by atoms with E-state index in [1.807, 2.05) is 61.5 Å². The van der Waals surface area contributed by atoms with Gasteiger partial charge in [-0.3, -0.25) is 9.59 Å². The van der Waals surface area contributed by atoms with Crippen LogP contribution in [0, 0.1) is 5.82 Å². The lowest BCUT2D eigenvalue weighted by molar-refractivity contribution is -0.114. The van der Waals surface area contributed by atoms with Crippen molar-refractivity contribution in [3.8, 4) is 0 Å². The van der Waals surface area contributed by atoms with Crippen LogP contribution < -0.4 is 10.2 Å². The molecule has 5 nitrogen and oxygen atoms in total. The van der Waals surface area contributed by atoms with E-state index in [2.05, 4.69) is 5.32 Å². The fourth-order valence-corrected chi connectivity index (χ4v) is 4.62. The molecule has 0 aliphatic carbocycles. The van der Waals surface area contributed by atoms with Crippen LogP contribution in [0.4, 0.5) is 10.1 Å². The van der Waals surface area contributed by atoms with Gasteiger partial charge in [-0.25, -0.2) is 4.39 Å². The first-order chi connectivity index (χ1) is 16.4. The van der Waals surface area contributed by atoms with E-state index in [9.17, 15) is 14.0 Å². The summed E-state index contributed by atoms with van der Waals surface area (Å²) in [6, 6.07) is 21.2. The molecule has 174 valence electrons. The number of anilines is 1. The average molecular weight is 476 g/mol. The number of nitrogens with one attached hydrogen (secondary N) is 1. The first kappa shape index (κ1) is 23.7. The van der Waals surface area contributed by atoms with Crippen molar-refractivity contribution < 1.29 is 14.0 Å². The normalized spacial score (nSPS) is 14.4. The zero-order valence-corrected chi connectivity index (χ0v) is 19.9. The van der Waals surface area contributed by atoms with Crippen molar-refractivity contribution in [3.05, 3.63) is 100 Å². The van der Waals surface area contributed by atoms with Crippen LogP contribution in [-0.4, -0.2) is 43.9 Å². The molecule has 1 heterocycles. The van der Waals surface area contributed by atoms with Crippen molar-refractivity contribution in [2.24, 2.45) is 0 Å². The highest BCUT2D eigenvalue weighted by Gasteiger charge is 2.30. The number of hydrogen-bond donors (Lipinski definition) is 1. The molecule has 0 spiro atoms. The molecule has 3 aromatic rings. The lowest BCUT2D eigenvalue weighted by Gasteiger charge is -2.31. The Bertz CT molecular complexity index is 1210. The first-order valence-electron chi connectivity index (χ1n) is 11.0. The number of carbonyl (C=O) groups excluding carboxylic acids is 2. The molecule has 7 heteroatoms. The highest BCUT2D eigenvalue weighted by molar-refractivity contribution is 8.04. The van der Waals surface area contributed by atoms with Crippen LogP contribution in [0.15, 0.2) is 82.6 Å². The van der Waals surface area contributed by atoms with Gasteiger partial charge >= 0.3 is 0 Å². The maximum Gasteiger partial charge on any atom is 0.265 e. The summed E-state index contributed by atoms with van der Waals surface area (Å²) in [4.78, 5) is 31.4. The molecule has 0 saturated heterocycles. The zero-order valence-electron chi connectivity index (χ0n) is 19.1. The topological polar surface area (TPSA) is 52.7 Å². The van der Waals surface area contributed by atoms with Crippen LogP contribution in [0.2, 0.25) is 0 Å². The number of carbonyl (C=O) groups is 2. The molecule has 1 N–H and O–H groups in total. The Morgan fingerprint density at radius 1 is 1.06 bits per heavy atom. The van der Waals surface area contributed by atoms with Crippen molar-refractivity contribution >= 4 is 35.3 Å². The summed E-state index contributed by atoms with van der Waals surface area (Å²) in [7, 11) is 3.89. The van der Waals surface area contributed by atoms with Gasteiger partial charge in [0, 0.05) is 23.5 Å². The minimum Gasteiger partial charge on any atom is -0.351 e. The summed E-state index contributed by atoms with van der Waals surface area (Å²) in [5.74, 6) is -0.670. The lowest BCUT2D eigenvalue weighted by atomic mass is 10.1. The highest BCUT2D eigenvalue weighted by atomic mass is 32.2. The van der Waals surface area contributed by atoms with E-state index >= 15 is 0 Å². The molecule has 0 saturated carbocycles. The largest absolute Gasteiger partial charge is 0.351 e. The van der Waals surface area contributed by atoms with Gasteiger partial charge in [-0.1, -0.05) is 54.2 Å². The Hall–Kier alpha value is -3.42. The third-order valence-corrected chi connectivity index (χ3v) is 6.46. The fourth-order valence-electron chi connectivity index (χ4n) is 3.58. The molecule has 34 heavy (non-hydrogen) atoms. The van der Waals surface area contributed by atoms with Gasteiger partial charge in [-0.15, -0.1) is 0 Å². The number of halogens is 1. The highest BCUT2D eigenvalue weighted by Crippen LogP contribution is 2.43. The summed E-state index contributed by atoms with van der Waals surface area (Å²) < 4.78 is 13.4. The van der Waals surface area contributed by atoms with E-state index in [4.69, 9.17) is 0 Å². The van der Waals surface area contributed by atoms with Crippen molar-refractivity contribution in [2.45, 2.75) is 11.4 Å². The van der Waals surface area contributed by atoms with Gasteiger partial charge in [-0.2, -0.15) is 0 Å². The summed E-state index contributed by atoms with van der Waals surface area (Å²) >= 11 is 1.39. The lowest BCUT2D eigenvalue weighted by Crippen LogP contribution is -2.34. The van der Waals surface area contributed by atoms with Gasteiger partial charge in [0.25, 0.3) is 11.8 Å². The predicted molar refractivity (Wildman–Crippen MR) is 135 cm³/mol. The van der Waals surface area contributed by atoms with Crippen LogP contribution in [0.1, 0.15) is 21.5 Å². The number of likely N-dealkylation sites (N-methyl/N-ethyl adjacent to an activating group) is 1. The third kappa shape index (κ3) is 5.73. The monoisotopic (exact) mass is 475 g/mol. The predicted octanol–water partition coefficient (Wildman–Crippen LogP) is 4.80. The molecule has 0 bridgehead atoms. The van der Waals surface area contributed by atoms with E-state index in [0.29, 0.717) is 22.7 Å². The van der Waals surface area contributed by atoms with Gasteiger partial charge in [0.2, 0.25) is 0 Å². The second-order valence-electron chi connectivity index (χ2n) is 8.28. The second kappa shape index (κ2) is 10.7. The smallest absolute Gasteiger partial charge is 0.265 e. The summed E-state index contributed by atoms with van der Waals surface area (Å²) in [5.41, 5.74) is 2.89. The number of thioether (sulfide) groups is 1. The van der Waals surface area contributed by atoms with Crippen molar-refractivity contribution in [3.63, 3.8) is 0 Å². The van der Waals surface area contributed by atoms with E-state index < -0.39 is 0 Å². The van der Waals surface area contributed by atoms with E-state index in [1.165, 1.54) is 23.9 Å². The number of fused-ring (bicyclic) bond motifs is 1. The third-order valence-electron chi connectivity index (χ3n) is 5.38. The Morgan fingerprint density at radius 2 is 1.79 bits per heavy atom. The number of hydrogen-bond acceptors (Lipinski definition) is 4. The molecule has 0 radical (unpaired) electrons.